The van der Waals surface area contributed by atoms with E-state index in [4.69, 9.17) is 14.2 Å². The van der Waals surface area contributed by atoms with Crippen molar-refractivity contribution >= 4 is 39.4 Å². The summed E-state index contributed by atoms with van der Waals surface area (Å²) < 4.78 is 22.6. The number of rotatable bonds is 4. The molecule has 2 aromatic carbocycles. The number of hydrogen-bond acceptors (Lipinski definition) is 8. The van der Waals surface area contributed by atoms with Crippen LogP contribution in [0.15, 0.2) is 41.4 Å². The molecule has 0 fully saturated rings. The largest absolute Gasteiger partial charge is 0.468 e. The van der Waals surface area contributed by atoms with Crippen LogP contribution in [-0.4, -0.2) is 43.4 Å². The Labute approximate surface area is 174 Å². The van der Waals surface area contributed by atoms with Crippen molar-refractivity contribution in [2.45, 2.75) is 6.54 Å². The Bertz CT molecular complexity index is 1220. The normalized spacial score (nSPS) is 12.8. The Morgan fingerprint density at radius 3 is 2.37 bits per heavy atom. The number of methoxy groups -OCH3 is 2. The molecule has 30 heavy (non-hydrogen) atoms. The van der Waals surface area contributed by atoms with E-state index in [1.54, 1.807) is 16.7 Å². The first-order chi connectivity index (χ1) is 14.5. The zero-order valence-corrected chi connectivity index (χ0v) is 16.9. The molecule has 0 unspecified atom stereocenters. The number of aromatic nitrogens is 1. The zero-order chi connectivity index (χ0) is 21.3. The second-order valence-electron chi connectivity index (χ2n) is 6.21. The number of ether oxygens (including phenoxy) is 4. The lowest BCUT2D eigenvalue weighted by Gasteiger charge is -2.04. The van der Waals surface area contributed by atoms with E-state index in [0.29, 0.717) is 32.9 Å². The fraction of sp³-hybridized carbons (Fsp3) is 0.200. The van der Waals surface area contributed by atoms with Gasteiger partial charge in [0.15, 0.2) is 16.3 Å². The van der Waals surface area contributed by atoms with E-state index >= 15 is 0 Å². The van der Waals surface area contributed by atoms with E-state index < -0.39 is 17.8 Å². The van der Waals surface area contributed by atoms with Crippen molar-refractivity contribution in [3.05, 3.63) is 52.3 Å². The molecule has 1 aromatic heterocycles. The van der Waals surface area contributed by atoms with Crippen LogP contribution >= 0.6 is 11.3 Å². The summed E-state index contributed by atoms with van der Waals surface area (Å²) in [7, 11) is 2.57. The highest BCUT2D eigenvalue weighted by Crippen LogP contribution is 2.37. The molecule has 1 aliphatic heterocycles. The van der Waals surface area contributed by atoms with Crippen LogP contribution in [0.5, 0.6) is 11.5 Å². The summed E-state index contributed by atoms with van der Waals surface area (Å²) in [6, 6.07) is 9.48. The van der Waals surface area contributed by atoms with Crippen molar-refractivity contribution < 1.29 is 33.3 Å². The van der Waals surface area contributed by atoms with Gasteiger partial charge < -0.3 is 23.5 Å². The van der Waals surface area contributed by atoms with Crippen molar-refractivity contribution in [3.63, 3.8) is 0 Å². The van der Waals surface area contributed by atoms with Gasteiger partial charge in [0, 0.05) is 17.7 Å². The molecule has 0 atom stereocenters. The van der Waals surface area contributed by atoms with Crippen molar-refractivity contribution in [1.29, 1.82) is 0 Å². The quantitative estimate of drug-likeness (QED) is 0.586. The Morgan fingerprint density at radius 1 is 1.03 bits per heavy atom. The van der Waals surface area contributed by atoms with Crippen molar-refractivity contribution in [2.75, 3.05) is 21.0 Å². The number of fused-ring (bicyclic) bond motifs is 2. The first kappa shape index (κ1) is 19.6. The third kappa shape index (κ3) is 3.64. The van der Waals surface area contributed by atoms with Crippen LogP contribution in [-0.2, 0) is 20.8 Å². The van der Waals surface area contributed by atoms with Gasteiger partial charge in [-0.15, -0.1) is 0 Å². The third-order valence-corrected chi connectivity index (χ3v) is 5.48. The van der Waals surface area contributed by atoms with Crippen LogP contribution in [0.4, 0.5) is 0 Å². The molecule has 0 radical (unpaired) electrons. The van der Waals surface area contributed by atoms with E-state index in [1.807, 2.05) is 0 Å². The maximum absolute atomic E-state index is 12.7. The van der Waals surface area contributed by atoms with Gasteiger partial charge in [-0.3, -0.25) is 9.59 Å². The maximum atomic E-state index is 12.7. The highest BCUT2D eigenvalue weighted by atomic mass is 32.1. The molecule has 0 bridgehead atoms. The van der Waals surface area contributed by atoms with Gasteiger partial charge in [-0.1, -0.05) is 11.3 Å². The minimum Gasteiger partial charge on any atom is -0.468 e. The number of benzene rings is 2. The van der Waals surface area contributed by atoms with Gasteiger partial charge in [0.1, 0.15) is 6.54 Å². The van der Waals surface area contributed by atoms with E-state index in [1.165, 1.54) is 49.8 Å². The summed E-state index contributed by atoms with van der Waals surface area (Å²) in [4.78, 5) is 40.7. The second kappa shape index (κ2) is 7.99. The molecule has 2 heterocycles. The summed E-state index contributed by atoms with van der Waals surface area (Å²) in [5, 5.41) is 0. The van der Waals surface area contributed by atoms with Gasteiger partial charge >= 0.3 is 11.9 Å². The number of hydrogen-bond donors (Lipinski definition) is 0. The van der Waals surface area contributed by atoms with Gasteiger partial charge in [-0.25, -0.2) is 4.79 Å². The molecule has 1 aliphatic rings. The Hall–Kier alpha value is -3.66. The summed E-state index contributed by atoms with van der Waals surface area (Å²) in [6.45, 7) is 0.00440. The molecule has 10 heteroatoms. The molecule has 154 valence electrons. The fourth-order valence-corrected chi connectivity index (χ4v) is 3.95. The molecule has 0 N–H and O–H groups in total. The van der Waals surface area contributed by atoms with Gasteiger partial charge in [-0.05, 0) is 24.3 Å². The maximum Gasteiger partial charge on any atom is 0.337 e. The van der Waals surface area contributed by atoms with Crippen molar-refractivity contribution in [1.82, 2.24) is 4.57 Å². The van der Waals surface area contributed by atoms with Gasteiger partial charge in [0.25, 0.3) is 5.91 Å². The van der Waals surface area contributed by atoms with Crippen LogP contribution in [0.2, 0.25) is 0 Å². The van der Waals surface area contributed by atoms with E-state index in [2.05, 4.69) is 9.73 Å². The number of amides is 1. The number of esters is 2. The Kier molecular flexibility index (Phi) is 5.23. The van der Waals surface area contributed by atoms with Crippen LogP contribution < -0.4 is 14.3 Å². The lowest BCUT2D eigenvalue weighted by atomic mass is 10.1. The molecule has 0 spiro atoms. The lowest BCUT2D eigenvalue weighted by Crippen LogP contribution is -2.22. The Morgan fingerprint density at radius 2 is 1.70 bits per heavy atom. The average molecular weight is 428 g/mol. The summed E-state index contributed by atoms with van der Waals surface area (Å²) in [5.41, 5.74) is 1.28. The van der Waals surface area contributed by atoms with Crippen molar-refractivity contribution in [2.24, 2.45) is 4.99 Å². The van der Waals surface area contributed by atoms with E-state index in [-0.39, 0.29) is 13.3 Å². The monoisotopic (exact) mass is 428 g/mol. The predicted octanol–water partition coefficient (Wildman–Crippen LogP) is 2.13. The highest BCUT2D eigenvalue weighted by Gasteiger charge is 2.19. The Balaban J connectivity index is 1.77. The molecular weight excluding hydrogens is 412 g/mol. The second-order valence-corrected chi connectivity index (χ2v) is 7.22. The standard InChI is InChI=1S/C20H16N2O7S/c1-26-17(23)9-22-13-7-14-15(29-10-28-14)8-16(13)30-20(22)21-18(24)11-3-5-12(6-4-11)19(25)27-2/h3-8H,9-10H2,1-2H3. The number of thiazole rings is 1. The lowest BCUT2D eigenvalue weighted by molar-refractivity contribution is -0.141. The molecule has 0 saturated carbocycles. The highest BCUT2D eigenvalue weighted by molar-refractivity contribution is 7.16. The fourth-order valence-electron chi connectivity index (χ4n) is 2.91. The van der Waals surface area contributed by atoms with Gasteiger partial charge in [0.2, 0.25) is 6.79 Å². The molecule has 4 rings (SSSR count). The number of nitrogens with zero attached hydrogens (tertiary/aromatic N) is 2. The first-order valence-corrected chi connectivity index (χ1v) is 9.59. The average Bonchev–Trinajstić information content (AvgIpc) is 3.35. The molecule has 9 nitrogen and oxygen atoms in total. The van der Waals surface area contributed by atoms with E-state index in [0.717, 1.165) is 4.70 Å². The van der Waals surface area contributed by atoms with Crippen LogP contribution in [0.25, 0.3) is 10.2 Å². The summed E-state index contributed by atoms with van der Waals surface area (Å²) >= 11 is 1.24. The van der Waals surface area contributed by atoms with Gasteiger partial charge in [-0.2, -0.15) is 4.99 Å². The number of carbonyl (C=O) groups excluding carboxylic acids is 3. The molecule has 0 saturated heterocycles. The number of carbonyl (C=O) groups is 3. The minimum absolute atomic E-state index is 0.121. The van der Waals surface area contributed by atoms with Crippen LogP contribution in [0, 0.1) is 0 Å². The SMILES string of the molecule is COC(=O)Cn1c(=NC(=O)c2ccc(C(=O)OC)cc2)sc2cc3c(cc21)OCO3. The first-order valence-electron chi connectivity index (χ1n) is 8.77. The zero-order valence-electron chi connectivity index (χ0n) is 16.0. The predicted molar refractivity (Wildman–Crippen MR) is 106 cm³/mol. The molecule has 0 aliphatic carbocycles. The topological polar surface area (TPSA) is 105 Å². The summed E-state index contributed by atoms with van der Waals surface area (Å²) in [5.74, 6) is -0.357. The molecule has 3 aromatic rings. The third-order valence-electron chi connectivity index (χ3n) is 4.44. The minimum atomic E-state index is -0.517. The van der Waals surface area contributed by atoms with Crippen LogP contribution in [0.3, 0.4) is 0 Å². The molecular formula is C20H16N2O7S. The smallest absolute Gasteiger partial charge is 0.337 e. The van der Waals surface area contributed by atoms with Crippen molar-refractivity contribution in [3.8, 4) is 11.5 Å². The van der Waals surface area contributed by atoms with Crippen LogP contribution in [0.1, 0.15) is 20.7 Å². The summed E-state index contributed by atoms with van der Waals surface area (Å²) in [6.07, 6.45) is 0. The van der Waals surface area contributed by atoms with Gasteiger partial charge in [0.05, 0.1) is 30.0 Å². The molecule has 1 amide bonds. The van der Waals surface area contributed by atoms with E-state index in [9.17, 15) is 14.4 Å².